The van der Waals surface area contributed by atoms with Crippen molar-refractivity contribution in [1.82, 2.24) is 14.9 Å². The van der Waals surface area contributed by atoms with Gasteiger partial charge in [0.2, 0.25) is 10.0 Å². The summed E-state index contributed by atoms with van der Waals surface area (Å²) in [7, 11) is -3.59. The number of benzene rings is 1. The van der Waals surface area contributed by atoms with Crippen LogP contribution in [0.3, 0.4) is 0 Å². The Hall–Kier alpha value is -1.19. The monoisotopic (exact) mass is 417 g/mol. The molecule has 3 atom stereocenters. The molecular formula is C18H28ClN3O4S. The van der Waals surface area contributed by atoms with E-state index in [-0.39, 0.29) is 41.5 Å². The van der Waals surface area contributed by atoms with Gasteiger partial charge < -0.3 is 15.4 Å². The predicted octanol–water partition coefficient (Wildman–Crippen LogP) is 1.39. The first-order valence-corrected chi connectivity index (χ1v) is 10.6. The molecule has 3 rings (SSSR count). The van der Waals surface area contributed by atoms with Gasteiger partial charge in [-0.25, -0.2) is 8.42 Å². The second-order valence-corrected chi connectivity index (χ2v) is 9.06. The van der Waals surface area contributed by atoms with E-state index in [1.165, 1.54) is 16.4 Å². The molecule has 0 aliphatic carbocycles. The summed E-state index contributed by atoms with van der Waals surface area (Å²) in [5, 5.41) is 6.24. The van der Waals surface area contributed by atoms with E-state index in [9.17, 15) is 13.2 Å². The van der Waals surface area contributed by atoms with E-state index < -0.39 is 10.0 Å². The molecule has 2 aliphatic rings. The van der Waals surface area contributed by atoms with Crippen molar-refractivity contribution in [3.8, 4) is 0 Å². The Morgan fingerprint density at radius 1 is 1.19 bits per heavy atom. The van der Waals surface area contributed by atoms with Crippen LogP contribution in [0.4, 0.5) is 0 Å². The molecule has 0 spiro atoms. The second-order valence-electron chi connectivity index (χ2n) is 7.12. The smallest absolute Gasteiger partial charge is 0.251 e. The van der Waals surface area contributed by atoms with Crippen LogP contribution in [0.15, 0.2) is 29.2 Å². The summed E-state index contributed by atoms with van der Waals surface area (Å²) in [4.78, 5) is 12.5. The lowest BCUT2D eigenvalue weighted by atomic mass is 10.1. The zero-order chi connectivity index (χ0) is 18.7. The van der Waals surface area contributed by atoms with E-state index in [0.717, 1.165) is 25.9 Å². The Balaban J connectivity index is 0.00000261. The fourth-order valence-electron chi connectivity index (χ4n) is 3.50. The summed E-state index contributed by atoms with van der Waals surface area (Å²) in [5.74, 6) is -0.170. The molecule has 1 aromatic rings. The lowest BCUT2D eigenvalue weighted by Gasteiger charge is -2.34. The molecule has 2 N–H and O–H groups in total. The molecule has 3 unspecified atom stereocenters. The average Bonchev–Trinajstić information content (AvgIpc) is 2.62. The van der Waals surface area contributed by atoms with Crippen LogP contribution in [0.25, 0.3) is 0 Å². The molecule has 7 nitrogen and oxygen atoms in total. The van der Waals surface area contributed by atoms with E-state index in [4.69, 9.17) is 4.74 Å². The number of nitrogens with zero attached hydrogens (tertiary/aromatic N) is 1. The minimum atomic E-state index is -3.59. The molecule has 2 saturated heterocycles. The van der Waals surface area contributed by atoms with Gasteiger partial charge in [-0.05, 0) is 57.5 Å². The first-order valence-electron chi connectivity index (χ1n) is 9.13. The lowest BCUT2D eigenvalue weighted by molar-refractivity contribution is -0.0440. The maximum Gasteiger partial charge on any atom is 0.251 e. The lowest BCUT2D eigenvalue weighted by Crippen LogP contribution is -2.48. The number of rotatable bonds is 4. The number of amides is 1. The van der Waals surface area contributed by atoms with Crippen LogP contribution in [0.2, 0.25) is 0 Å². The number of ether oxygens (including phenoxy) is 1. The number of hydrogen-bond donors (Lipinski definition) is 2. The molecule has 0 aromatic heterocycles. The maximum absolute atomic E-state index is 12.8. The number of carbonyl (C=O) groups excluding carboxylic acids is 1. The van der Waals surface area contributed by atoms with E-state index in [1.807, 2.05) is 13.8 Å². The topological polar surface area (TPSA) is 87.7 Å². The van der Waals surface area contributed by atoms with Gasteiger partial charge in [-0.1, -0.05) is 0 Å². The van der Waals surface area contributed by atoms with Gasteiger partial charge in [-0.2, -0.15) is 4.31 Å². The van der Waals surface area contributed by atoms with Crippen molar-refractivity contribution in [3.63, 3.8) is 0 Å². The number of halogens is 1. The number of piperidine rings is 1. The SMILES string of the molecule is CC1CN(S(=O)(=O)c2ccc(C(=O)NC3CCCNC3)cc2)CC(C)O1.Cl. The summed E-state index contributed by atoms with van der Waals surface area (Å²) < 4.78 is 32.7. The molecule has 0 bridgehead atoms. The van der Waals surface area contributed by atoms with Gasteiger partial charge in [0.05, 0.1) is 17.1 Å². The zero-order valence-electron chi connectivity index (χ0n) is 15.7. The molecule has 2 aliphatic heterocycles. The third-order valence-corrected chi connectivity index (χ3v) is 6.62. The molecule has 27 heavy (non-hydrogen) atoms. The Bertz CT molecular complexity index is 725. The second kappa shape index (κ2) is 9.34. The van der Waals surface area contributed by atoms with Crippen molar-refractivity contribution in [2.75, 3.05) is 26.2 Å². The van der Waals surface area contributed by atoms with Gasteiger partial charge >= 0.3 is 0 Å². The first-order chi connectivity index (χ1) is 12.4. The first kappa shape index (κ1) is 22.1. The maximum atomic E-state index is 12.8. The van der Waals surface area contributed by atoms with E-state index in [0.29, 0.717) is 18.7 Å². The Morgan fingerprint density at radius 2 is 1.81 bits per heavy atom. The Kier molecular flexibility index (Phi) is 7.64. The zero-order valence-corrected chi connectivity index (χ0v) is 17.3. The summed E-state index contributed by atoms with van der Waals surface area (Å²) >= 11 is 0. The van der Waals surface area contributed by atoms with Gasteiger partial charge in [0.25, 0.3) is 5.91 Å². The molecule has 1 amide bonds. The number of morpholine rings is 1. The van der Waals surface area contributed by atoms with Crippen molar-refractivity contribution >= 4 is 28.3 Å². The minimum absolute atomic E-state index is 0. The van der Waals surface area contributed by atoms with Crippen molar-refractivity contribution in [2.24, 2.45) is 0 Å². The van der Waals surface area contributed by atoms with Crippen molar-refractivity contribution < 1.29 is 17.9 Å². The Labute approximate surface area is 167 Å². The predicted molar refractivity (Wildman–Crippen MR) is 106 cm³/mol. The molecule has 1 aromatic carbocycles. The largest absolute Gasteiger partial charge is 0.373 e. The van der Waals surface area contributed by atoms with Gasteiger partial charge in [0.1, 0.15) is 0 Å². The Morgan fingerprint density at radius 3 is 2.37 bits per heavy atom. The highest BCUT2D eigenvalue weighted by atomic mass is 35.5. The summed E-state index contributed by atoms with van der Waals surface area (Å²) in [6.07, 6.45) is 1.72. The van der Waals surface area contributed by atoms with Crippen LogP contribution in [0.5, 0.6) is 0 Å². The van der Waals surface area contributed by atoms with E-state index in [2.05, 4.69) is 10.6 Å². The number of hydrogen-bond acceptors (Lipinski definition) is 5. The molecule has 0 saturated carbocycles. The normalized spacial score (nSPS) is 26.8. The average molecular weight is 418 g/mol. The van der Waals surface area contributed by atoms with Gasteiger partial charge in [-0.15, -0.1) is 12.4 Å². The fourth-order valence-corrected chi connectivity index (χ4v) is 5.09. The quantitative estimate of drug-likeness (QED) is 0.772. The third kappa shape index (κ3) is 5.42. The highest BCUT2D eigenvalue weighted by Gasteiger charge is 2.32. The third-order valence-electron chi connectivity index (χ3n) is 4.77. The van der Waals surface area contributed by atoms with Crippen molar-refractivity contribution in [2.45, 2.75) is 49.8 Å². The summed E-state index contributed by atoms with van der Waals surface area (Å²) in [6.45, 7) is 6.16. The van der Waals surface area contributed by atoms with Gasteiger partial charge in [0, 0.05) is 31.2 Å². The number of nitrogens with one attached hydrogen (secondary N) is 2. The molecule has 9 heteroatoms. The van der Waals surface area contributed by atoms with Crippen LogP contribution in [0.1, 0.15) is 37.0 Å². The van der Waals surface area contributed by atoms with Crippen LogP contribution >= 0.6 is 12.4 Å². The van der Waals surface area contributed by atoms with Gasteiger partial charge in [0.15, 0.2) is 0 Å². The summed E-state index contributed by atoms with van der Waals surface area (Å²) in [6, 6.07) is 6.29. The van der Waals surface area contributed by atoms with Crippen LogP contribution in [0, 0.1) is 0 Å². The van der Waals surface area contributed by atoms with Crippen LogP contribution in [-0.2, 0) is 14.8 Å². The standard InChI is InChI=1S/C18H27N3O4S.ClH/c1-13-11-21(12-14(2)25-13)26(23,24)17-7-5-15(6-8-17)18(22)20-16-4-3-9-19-10-16;/h5-8,13-14,16,19H,3-4,9-12H2,1-2H3,(H,20,22);1H. The number of sulfonamides is 1. The highest BCUT2D eigenvalue weighted by molar-refractivity contribution is 7.89. The van der Waals surface area contributed by atoms with Crippen LogP contribution in [-0.4, -0.2) is 63.1 Å². The highest BCUT2D eigenvalue weighted by Crippen LogP contribution is 2.21. The minimum Gasteiger partial charge on any atom is -0.373 e. The summed E-state index contributed by atoms with van der Waals surface area (Å²) in [5.41, 5.74) is 0.471. The van der Waals surface area contributed by atoms with Crippen molar-refractivity contribution in [1.29, 1.82) is 0 Å². The molecule has 2 heterocycles. The molecule has 152 valence electrons. The van der Waals surface area contributed by atoms with E-state index in [1.54, 1.807) is 12.1 Å². The van der Waals surface area contributed by atoms with Crippen molar-refractivity contribution in [3.05, 3.63) is 29.8 Å². The van der Waals surface area contributed by atoms with Crippen LogP contribution < -0.4 is 10.6 Å². The molecular weight excluding hydrogens is 390 g/mol. The number of carbonyl (C=O) groups is 1. The molecule has 0 radical (unpaired) electrons. The molecule has 2 fully saturated rings. The van der Waals surface area contributed by atoms with E-state index >= 15 is 0 Å². The fraction of sp³-hybridized carbons (Fsp3) is 0.611. The van der Waals surface area contributed by atoms with Gasteiger partial charge in [-0.3, -0.25) is 4.79 Å².